The Balaban J connectivity index is 1.76. The molecule has 12 nitrogen and oxygen atoms in total. The van der Waals surface area contributed by atoms with Crippen LogP contribution in [0.4, 0.5) is 5.82 Å². The Kier molecular flexibility index (Phi) is 11.1. The molecule has 4 aromatic rings. The van der Waals surface area contributed by atoms with Crippen molar-refractivity contribution in [1.29, 1.82) is 0 Å². The molecule has 0 amide bonds. The lowest BCUT2D eigenvalue weighted by molar-refractivity contribution is -0.149. The number of nitrogens with one attached hydrogen (secondary N) is 1. The lowest BCUT2D eigenvalue weighted by atomic mass is 10.1. The van der Waals surface area contributed by atoms with Crippen LogP contribution in [0.5, 0.6) is 5.88 Å². The number of pyridine rings is 2. The van der Waals surface area contributed by atoms with Crippen LogP contribution in [0, 0.1) is 0 Å². The Morgan fingerprint density at radius 2 is 1.86 bits per heavy atom. The van der Waals surface area contributed by atoms with Gasteiger partial charge in [-0.2, -0.15) is 5.09 Å². The molecule has 3 N–H and O–H groups in total. The third-order valence-corrected chi connectivity index (χ3v) is 8.28. The molecule has 4 rings (SSSR count). The first-order valence-corrected chi connectivity index (χ1v) is 16.2. The van der Waals surface area contributed by atoms with E-state index in [-0.39, 0.29) is 31.2 Å². The molecule has 0 aliphatic heterocycles. The molecule has 0 fully saturated rings. The summed E-state index contributed by atoms with van der Waals surface area (Å²) in [6, 6.07) is 11.4. The van der Waals surface area contributed by atoms with Gasteiger partial charge in [-0.1, -0.05) is 44.0 Å². The van der Waals surface area contributed by atoms with E-state index in [1.54, 1.807) is 39.0 Å². The summed E-state index contributed by atoms with van der Waals surface area (Å²) in [7, 11) is -4.15. The summed E-state index contributed by atoms with van der Waals surface area (Å²) >= 11 is 0. The van der Waals surface area contributed by atoms with Gasteiger partial charge in [-0.3, -0.25) is 9.32 Å². The molecule has 0 saturated heterocycles. The molecular weight excluding hydrogens is 571 g/mol. The number of aromatic nitrogens is 4. The zero-order valence-electron chi connectivity index (χ0n) is 25.4. The number of anilines is 1. The van der Waals surface area contributed by atoms with Crippen molar-refractivity contribution in [2.24, 2.45) is 0 Å². The van der Waals surface area contributed by atoms with Crippen molar-refractivity contribution in [3.05, 3.63) is 54.5 Å². The van der Waals surface area contributed by atoms with Crippen molar-refractivity contribution in [2.45, 2.75) is 78.7 Å². The third-order valence-electron chi connectivity index (χ3n) is 6.66. The van der Waals surface area contributed by atoms with E-state index < -0.39 is 19.8 Å². The highest BCUT2D eigenvalue weighted by atomic mass is 31.2. The lowest BCUT2D eigenvalue weighted by Gasteiger charge is -2.27. The standard InChI is InChI=1S/C30H41N6O6P/c1-6-8-13-22(18-40-43(38,42-26-16-11-12-17-32-26)35-21(5)30(37)41-20(3)4)36-25(19-39-7-2)34-27-28(36)23-14-9-10-15-24(23)33-29(27)31/h9-12,14-17,20-22H,6-8,13,18-19H2,1-5H3,(H2,31,33)(H,35,38)/t21-,22+,43+/m0/s1. The zero-order chi connectivity index (χ0) is 31.0. The first-order valence-electron chi connectivity index (χ1n) is 14.6. The number of para-hydroxylation sites is 1. The van der Waals surface area contributed by atoms with Crippen LogP contribution < -0.4 is 15.3 Å². The van der Waals surface area contributed by atoms with Crippen molar-refractivity contribution in [1.82, 2.24) is 24.6 Å². The Morgan fingerprint density at radius 1 is 1.09 bits per heavy atom. The van der Waals surface area contributed by atoms with Crippen molar-refractivity contribution in [3.8, 4) is 5.88 Å². The van der Waals surface area contributed by atoms with Crippen LogP contribution >= 0.6 is 7.75 Å². The van der Waals surface area contributed by atoms with Gasteiger partial charge < -0.3 is 24.3 Å². The van der Waals surface area contributed by atoms with Crippen LogP contribution in [0.2, 0.25) is 0 Å². The van der Waals surface area contributed by atoms with Gasteiger partial charge in [-0.25, -0.2) is 19.5 Å². The Bertz CT molecular complexity index is 1560. The summed E-state index contributed by atoms with van der Waals surface area (Å²) in [6.45, 7) is 9.73. The predicted molar refractivity (Wildman–Crippen MR) is 166 cm³/mol. The second kappa shape index (κ2) is 14.7. The van der Waals surface area contributed by atoms with Crippen LogP contribution in [-0.4, -0.2) is 50.8 Å². The number of esters is 1. The predicted octanol–water partition coefficient (Wildman–Crippen LogP) is 5.96. The molecule has 0 aliphatic carbocycles. The fourth-order valence-corrected chi connectivity index (χ4v) is 6.19. The maximum atomic E-state index is 14.2. The zero-order valence-corrected chi connectivity index (χ0v) is 26.3. The Morgan fingerprint density at radius 3 is 2.56 bits per heavy atom. The van der Waals surface area contributed by atoms with E-state index in [0.29, 0.717) is 30.2 Å². The van der Waals surface area contributed by atoms with Crippen molar-refractivity contribution in [2.75, 3.05) is 18.9 Å². The number of nitrogens with zero attached hydrogens (tertiary/aromatic N) is 4. The van der Waals surface area contributed by atoms with Crippen molar-refractivity contribution < 1.29 is 27.9 Å². The molecule has 0 unspecified atom stereocenters. The van der Waals surface area contributed by atoms with Crippen LogP contribution in [0.1, 0.15) is 65.7 Å². The highest BCUT2D eigenvalue weighted by molar-refractivity contribution is 7.52. The van der Waals surface area contributed by atoms with E-state index in [4.69, 9.17) is 29.2 Å². The van der Waals surface area contributed by atoms with E-state index in [0.717, 1.165) is 29.3 Å². The van der Waals surface area contributed by atoms with Crippen LogP contribution in [0.25, 0.3) is 21.9 Å². The first kappa shape index (κ1) is 32.3. The van der Waals surface area contributed by atoms with Gasteiger partial charge >= 0.3 is 13.7 Å². The number of hydrogen-bond acceptors (Lipinski definition) is 10. The highest BCUT2D eigenvalue weighted by Gasteiger charge is 2.35. The fourth-order valence-electron chi connectivity index (χ4n) is 4.71. The second-order valence-electron chi connectivity index (χ2n) is 10.4. The number of nitrogen functional groups attached to an aromatic ring is 1. The van der Waals surface area contributed by atoms with E-state index in [9.17, 15) is 9.36 Å². The van der Waals surface area contributed by atoms with Gasteiger partial charge in [-0.05, 0) is 46.2 Å². The SMILES string of the molecule is CCCC[C@H](CO[P@](=O)(N[C@@H](C)C(=O)OC(C)C)Oc1ccccn1)n1c(COCC)nc2c(N)nc3ccccc3c21. The summed E-state index contributed by atoms with van der Waals surface area (Å²) in [4.78, 5) is 26.2. The summed E-state index contributed by atoms with van der Waals surface area (Å²) < 4.78 is 39.3. The van der Waals surface area contributed by atoms with Gasteiger partial charge in [0, 0.05) is 24.3 Å². The van der Waals surface area contributed by atoms with Gasteiger partial charge in [0.15, 0.2) is 5.82 Å². The molecule has 0 saturated carbocycles. The molecule has 3 atom stereocenters. The minimum Gasteiger partial charge on any atom is -0.462 e. The molecule has 43 heavy (non-hydrogen) atoms. The van der Waals surface area contributed by atoms with Crippen molar-refractivity contribution in [3.63, 3.8) is 0 Å². The molecule has 13 heteroatoms. The molecule has 0 radical (unpaired) electrons. The summed E-state index contributed by atoms with van der Waals surface area (Å²) in [5.41, 5.74) is 8.48. The van der Waals surface area contributed by atoms with Crippen molar-refractivity contribution >= 4 is 41.5 Å². The average Bonchev–Trinajstić information content (AvgIpc) is 3.36. The number of unbranched alkanes of at least 4 members (excludes halogenated alkanes) is 1. The highest BCUT2D eigenvalue weighted by Crippen LogP contribution is 2.46. The smallest absolute Gasteiger partial charge is 0.460 e. The molecule has 0 aliphatic rings. The normalized spacial score (nSPS) is 14.6. The number of ether oxygens (including phenoxy) is 2. The number of carbonyl (C=O) groups excluding carboxylic acids is 1. The van der Waals surface area contributed by atoms with E-state index in [1.165, 1.54) is 6.20 Å². The summed E-state index contributed by atoms with van der Waals surface area (Å²) in [5, 5.41) is 3.62. The van der Waals surface area contributed by atoms with Gasteiger partial charge in [0.1, 0.15) is 24.0 Å². The van der Waals surface area contributed by atoms with Crippen LogP contribution in [0.15, 0.2) is 48.7 Å². The summed E-state index contributed by atoms with van der Waals surface area (Å²) in [6.07, 6.45) is 3.62. The third kappa shape index (κ3) is 8.08. The molecule has 3 aromatic heterocycles. The molecule has 1 aromatic carbocycles. The van der Waals surface area contributed by atoms with E-state index >= 15 is 0 Å². The Hall–Kier alpha value is -3.57. The molecule has 0 bridgehead atoms. The molecule has 3 heterocycles. The van der Waals surface area contributed by atoms with Gasteiger partial charge in [-0.15, -0.1) is 0 Å². The first-order chi connectivity index (χ1) is 20.7. The Labute approximate surface area is 251 Å². The quantitative estimate of drug-likeness (QED) is 0.114. The van der Waals surface area contributed by atoms with Gasteiger partial charge in [0.2, 0.25) is 5.88 Å². The van der Waals surface area contributed by atoms with Gasteiger partial charge in [0.25, 0.3) is 0 Å². The largest absolute Gasteiger partial charge is 0.462 e. The molecule has 232 valence electrons. The van der Waals surface area contributed by atoms with Gasteiger partial charge in [0.05, 0.1) is 29.8 Å². The number of hydrogen-bond donors (Lipinski definition) is 2. The number of fused-ring (bicyclic) bond motifs is 3. The topological polar surface area (TPSA) is 153 Å². The maximum absolute atomic E-state index is 14.2. The fraction of sp³-hybridized carbons (Fsp3) is 0.467. The molecular formula is C30H41N6O6P. The van der Waals surface area contributed by atoms with E-state index in [2.05, 4.69) is 26.5 Å². The maximum Gasteiger partial charge on any atom is 0.460 e. The number of imidazole rings is 1. The minimum absolute atomic E-state index is 0.0375. The molecule has 0 spiro atoms. The number of benzene rings is 1. The number of nitrogens with two attached hydrogens (primary N) is 1. The number of rotatable bonds is 16. The van der Waals surface area contributed by atoms with Crippen LogP contribution in [0.3, 0.4) is 0 Å². The average molecular weight is 613 g/mol. The number of carbonyl (C=O) groups is 1. The minimum atomic E-state index is -4.15. The van der Waals surface area contributed by atoms with Crippen LogP contribution in [-0.2, 0) is 30.0 Å². The second-order valence-corrected chi connectivity index (χ2v) is 12.1. The van der Waals surface area contributed by atoms with E-state index in [1.807, 2.05) is 31.2 Å². The monoisotopic (exact) mass is 612 g/mol. The lowest BCUT2D eigenvalue weighted by Crippen LogP contribution is -2.36. The summed E-state index contributed by atoms with van der Waals surface area (Å²) in [5.74, 6) is 0.459.